The summed E-state index contributed by atoms with van der Waals surface area (Å²) in [6.45, 7) is 9.22. The molecule has 0 saturated carbocycles. The minimum Gasteiger partial charge on any atom is -0.482 e. The van der Waals surface area contributed by atoms with Crippen molar-refractivity contribution < 1.29 is 19.1 Å². The fraction of sp³-hybridized carbons (Fsp3) is 0.519. The molecule has 0 N–H and O–H groups in total. The summed E-state index contributed by atoms with van der Waals surface area (Å²) in [5.41, 5.74) is 3.82. The number of carbonyl (C=O) groups is 2. The Kier molecular flexibility index (Phi) is 8.10. The van der Waals surface area contributed by atoms with Crippen molar-refractivity contribution in [3.63, 3.8) is 0 Å². The topological polar surface area (TPSA) is 78.5 Å². The summed E-state index contributed by atoms with van der Waals surface area (Å²) >= 11 is 0. The molecule has 4 heterocycles. The molecule has 1 aromatic heterocycles. The molecule has 0 unspecified atom stereocenters. The summed E-state index contributed by atoms with van der Waals surface area (Å²) in [6, 6.07) is 10.2. The Bertz CT molecular complexity index is 1040. The summed E-state index contributed by atoms with van der Waals surface area (Å²) in [4.78, 5) is 37.8. The van der Waals surface area contributed by atoms with Crippen LogP contribution in [0.1, 0.15) is 16.7 Å². The molecule has 0 spiro atoms. The first-order valence-corrected chi connectivity index (χ1v) is 12.9. The molecule has 2 fully saturated rings. The van der Waals surface area contributed by atoms with Crippen molar-refractivity contribution in [2.24, 2.45) is 0 Å². The Hall–Kier alpha value is -3.01. The zero-order valence-corrected chi connectivity index (χ0v) is 20.8. The maximum atomic E-state index is 12.7. The normalized spacial score (nSPS) is 19.1. The van der Waals surface area contributed by atoms with Crippen LogP contribution in [0.15, 0.2) is 42.7 Å². The third-order valence-corrected chi connectivity index (χ3v) is 7.23. The van der Waals surface area contributed by atoms with Crippen LogP contribution in [-0.2, 0) is 33.8 Å². The molecule has 9 nitrogen and oxygen atoms in total. The molecule has 5 rings (SSSR count). The van der Waals surface area contributed by atoms with Crippen LogP contribution in [0.3, 0.4) is 0 Å². The number of amides is 2. The highest BCUT2D eigenvalue weighted by molar-refractivity contribution is 5.78. The van der Waals surface area contributed by atoms with Crippen LogP contribution in [0.5, 0.6) is 5.75 Å². The molecule has 0 atom stereocenters. The van der Waals surface area contributed by atoms with Gasteiger partial charge in [-0.1, -0.05) is 18.2 Å². The molecule has 9 heteroatoms. The van der Waals surface area contributed by atoms with Crippen molar-refractivity contribution in [1.29, 1.82) is 0 Å². The number of morpholine rings is 1. The summed E-state index contributed by atoms with van der Waals surface area (Å²) in [5, 5.41) is 0. The zero-order valence-electron chi connectivity index (χ0n) is 20.8. The van der Waals surface area contributed by atoms with Crippen molar-refractivity contribution in [2.75, 3.05) is 72.2 Å². The van der Waals surface area contributed by atoms with E-state index in [-0.39, 0.29) is 18.4 Å². The second-order valence-electron chi connectivity index (χ2n) is 9.69. The van der Waals surface area contributed by atoms with Gasteiger partial charge in [-0.3, -0.25) is 24.4 Å². The monoisotopic (exact) mass is 493 g/mol. The Morgan fingerprint density at radius 3 is 2.50 bits per heavy atom. The Morgan fingerprint density at radius 1 is 0.889 bits per heavy atom. The molecule has 192 valence electrons. The van der Waals surface area contributed by atoms with Crippen molar-refractivity contribution >= 4 is 11.8 Å². The quantitative estimate of drug-likeness (QED) is 0.570. The third-order valence-electron chi connectivity index (χ3n) is 7.23. The van der Waals surface area contributed by atoms with Crippen molar-refractivity contribution in [1.82, 2.24) is 24.6 Å². The van der Waals surface area contributed by atoms with Crippen LogP contribution in [0.25, 0.3) is 0 Å². The number of nitrogens with zero attached hydrogens (tertiary/aromatic N) is 5. The molecular formula is C27H35N5O4. The number of pyridine rings is 1. The Balaban J connectivity index is 1.07. The molecular weight excluding hydrogens is 458 g/mol. The lowest BCUT2D eigenvalue weighted by molar-refractivity contribution is -0.135. The lowest BCUT2D eigenvalue weighted by Gasteiger charge is -2.36. The fourth-order valence-electron chi connectivity index (χ4n) is 5.05. The van der Waals surface area contributed by atoms with Crippen molar-refractivity contribution in [3.05, 3.63) is 59.4 Å². The summed E-state index contributed by atoms with van der Waals surface area (Å²) in [7, 11) is 0. The predicted molar refractivity (Wildman–Crippen MR) is 134 cm³/mol. The molecule has 2 aromatic rings. The number of piperazine rings is 1. The molecule has 1 aromatic carbocycles. The molecule has 36 heavy (non-hydrogen) atoms. The number of ether oxygens (including phenoxy) is 2. The highest BCUT2D eigenvalue weighted by Gasteiger charge is 2.25. The molecule has 2 amide bonds. The average molecular weight is 494 g/mol. The van der Waals surface area contributed by atoms with Gasteiger partial charge in [-0.2, -0.15) is 0 Å². The van der Waals surface area contributed by atoms with Crippen molar-refractivity contribution in [3.8, 4) is 5.75 Å². The van der Waals surface area contributed by atoms with Crippen molar-refractivity contribution in [2.45, 2.75) is 19.5 Å². The lowest BCUT2D eigenvalue weighted by atomic mass is 9.97. The average Bonchev–Trinajstić information content (AvgIpc) is 2.93. The van der Waals surface area contributed by atoms with E-state index < -0.39 is 0 Å². The predicted octanol–water partition coefficient (Wildman–Crippen LogP) is 1.02. The maximum Gasteiger partial charge on any atom is 0.260 e. The number of fused-ring (bicyclic) bond motifs is 1. The van der Waals surface area contributed by atoms with E-state index >= 15 is 0 Å². The number of benzene rings is 1. The molecule has 2 saturated heterocycles. The van der Waals surface area contributed by atoms with E-state index in [0.717, 1.165) is 65.4 Å². The Labute approximate surface area is 212 Å². The smallest absolute Gasteiger partial charge is 0.260 e. The van der Waals surface area contributed by atoms with E-state index in [1.54, 1.807) is 24.5 Å². The first-order valence-electron chi connectivity index (χ1n) is 12.9. The molecule has 0 radical (unpaired) electrons. The van der Waals surface area contributed by atoms with E-state index in [4.69, 9.17) is 9.47 Å². The number of hydrogen-bond donors (Lipinski definition) is 0. The first-order chi connectivity index (χ1) is 17.6. The van der Waals surface area contributed by atoms with Crippen LogP contribution >= 0.6 is 0 Å². The number of aromatic nitrogens is 1. The van der Waals surface area contributed by atoms with Gasteiger partial charge in [0.1, 0.15) is 5.75 Å². The van der Waals surface area contributed by atoms with E-state index in [2.05, 4.69) is 33.0 Å². The van der Waals surface area contributed by atoms with E-state index in [0.29, 0.717) is 25.4 Å². The van der Waals surface area contributed by atoms with Gasteiger partial charge in [0.2, 0.25) is 5.91 Å². The number of rotatable bonds is 7. The summed E-state index contributed by atoms with van der Waals surface area (Å²) in [6.07, 6.45) is 4.15. The summed E-state index contributed by atoms with van der Waals surface area (Å²) in [5.74, 6) is 0.833. The summed E-state index contributed by atoms with van der Waals surface area (Å²) < 4.78 is 11.0. The Morgan fingerprint density at radius 2 is 1.72 bits per heavy atom. The minimum absolute atomic E-state index is 0.00498. The zero-order chi connectivity index (χ0) is 24.7. The second kappa shape index (κ2) is 11.8. The molecule has 3 aliphatic rings. The SMILES string of the molecule is O=C(CN1CCOCC1)N1CCN(Cc2ccc3c(c2)CCN(C(=O)COc2cccnc2)C3)CC1. The molecule has 3 aliphatic heterocycles. The highest BCUT2D eigenvalue weighted by Crippen LogP contribution is 2.22. The van der Waals surface area contributed by atoms with E-state index in [1.165, 1.54) is 16.7 Å². The fourth-order valence-corrected chi connectivity index (χ4v) is 5.05. The molecule has 0 bridgehead atoms. The minimum atomic E-state index is -0.00498. The second-order valence-corrected chi connectivity index (χ2v) is 9.69. The standard InChI is InChI=1S/C27H35N5O4/c33-26(20-30-12-14-35-15-13-30)31-10-8-29(9-11-31)18-22-3-4-24-19-32(7-5-23(24)16-22)27(34)21-36-25-2-1-6-28-17-25/h1-4,6,16-17H,5,7-15,18-21H2. The van der Waals surface area contributed by atoms with Crippen LogP contribution in [-0.4, -0.2) is 109 Å². The van der Waals surface area contributed by atoms with Gasteiger partial charge in [0.25, 0.3) is 5.91 Å². The van der Waals surface area contributed by atoms with Gasteiger partial charge in [-0.05, 0) is 35.2 Å². The van der Waals surface area contributed by atoms with Gasteiger partial charge in [-0.15, -0.1) is 0 Å². The van der Waals surface area contributed by atoms with E-state index in [1.807, 2.05) is 9.80 Å². The van der Waals surface area contributed by atoms with Gasteiger partial charge in [0, 0.05) is 65.1 Å². The van der Waals surface area contributed by atoms with Gasteiger partial charge >= 0.3 is 0 Å². The molecule has 0 aliphatic carbocycles. The van der Waals surface area contributed by atoms with Crippen LogP contribution < -0.4 is 4.74 Å². The number of hydrogen-bond acceptors (Lipinski definition) is 7. The van der Waals surface area contributed by atoms with Gasteiger partial charge in [-0.25, -0.2) is 0 Å². The van der Waals surface area contributed by atoms with Crippen LogP contribution in [0.2, 0.25) is 0 Å². The van der Waals surface area contributed by atoms with Crippen LogP contribution in [0, 0.1) is 0 Å². The lowest BCUT2D eigenvalue weighted by Crippen LogP contribution is -2.52. The van der Waals surface area contributed by atoms with Gasteiger partial charge in [0.15, 0.2) is 6.61 Å². The van der Waals surface area contributed by atoms with Gasteiger partial charge in [0.05, 0.1) is 26.0 Å². The third kappa shape index (κ3) is 6.40. The number of carbonyl (C=O) groups excluding carboxylic acids is 2. The van der Waals surface area contributed by atoms with Crippen LogP contribution in [0.4, 0.5) is 0 Å². The van der Waals surface area contributed by atoms with Gasteiger partial charge < -0.3 is 19.3 Å². The van der Waals surface area contributed by atoms with E-state index in [9.17, 15) is 9.59 Å². The largest absolute Gasteiger partial charge is 0.482 e. The highest BCUT2D eigenvalue weighted by atomic mass is 16.5. The maximum absolute atomic E-state index is 12.7. The first kappa shape index (κ1) is 24.7.